The molecule has 2 aromatic rings. The second kappa shape index (κ2) is 4.86. The number of benzene rings is 1. The van der Waals surface area contributed by atoms with Gasteiger partial charge in [0.25, 0.3) is 0 Å². The minimum Gasteiger partial charge on any atom is -0.384 e. The van der Waals surface area contributed by atoms with Crippen LogP contribution < -0.4 is 5.73 Å². The number of anilines is 1. The Morgan fingerprint density at radius 2 is 1.71 bits per heavy atom. The summed E-state index contributed by atoms with van der Waals surface area (Å²) >= 11 is 23.9. The highest BCUT2D eigenvalue weighted by Gasteiger charge is 2.17. The van der Waals surface area contributed by atoms with Gasteiger partial charge in [-0.3, -0.25) is 0 Å². The monoisotopic (exact) mass is 307 g/mol. The van der Waals surface area contributed by atoms with E-state index in [1.165, 1.54) is 12.3 Å². The minimum atomic E-state index is 0.203. The summed E-state index contributed by atoms with van der Waals surface area (Å²) in [6, 6.07) is 3.04. The highest BCUT2D eigenvalue weighted by Crippen LogP contribution is 2.41. The Morgan fingerprint density at radius 3 is 2.35 bits per heavy atom. The first kappa shape index (κ1) is 12.7. The molecule has 0 unspecified atom stereocenters. The molecule has 0 spiro atoms. The first-order valence-electron chi connectivity index (χ1n) is 4.42. The highest BCUT2D eigenvalue weighted by atomic mass is 35.5. The molecule has 0 fully saturated rings. The van der Waals surface area contributed by atoms with E-state index in [-0.39, 0.29) is 15.1 Å². The van der Waals surface area contributed by atoms with Crippen LogP contribution in [0.5, 0.6) is 0 Å². The number of rotatable bonds is 1. The van der Waals surface area contributed by atoms with Crippen molar-refractivity contribution in [1.82, 2.24) is 9.97 Å². The molecule has 88 valence electrons. The van der Waals surface area contributed by atoms with Gasteiger partial charge in [0.05, 0.1) is 25.7 Å². The molecular weight excluding hydrogens is 304 g/mol. The summed E-state index contributed by atoms with van der Waals surface area (Å²) in [6.45, 7) is 0. The van der Waals surface area contributed by atoms with Crippen LogP contribution in [0.2, 0.25) is 20.1 Å². The molecule has 7 heteroatoms. The van der Waals surface area contributed by atoms with E-state index in [1.807, 2.05) is 0 Å². The smallest absolute Gasteiger partial charge is 0.164 e. The Kier molecular flexibility index (Phi) is 3.64. The van der Waals surface area contributed by atoms with E-state index in [1.54, 1.807) is 6.07 Å². The molecular formula is C10H5Cl4N3. The van der Waals surface area contributed by atoms with Crippen LogP contribution in [0.25, 0.3) is 11.4 Å². The average molecular weight is 309 g/mol. The standard InChI is InChI=1S/C10H5Cl4N3/c11-4-3-5(12)8(13)9(14)7(4)10-16-2-1-6(15)17-10/h1-3H,(H2,15,16,17). The molecule has 1 aromatic carbocycles. The Labute approximate surface area is 117 Å². The summed E-state index contributed by atoms with van der Waals surface area (Å²) in [5.41, 5.74) is 5.98. The number of halogens is 4. The maximum absolute atomic E-state index is 6.07. The fourth-order valence-electron chi connectivity index (χ4n) is 1.26. The Bertz CT molecular complexity index is 586. The van der Waals surface area contributed by atoms with Crippen LogP contribution in [-0.2, 0) is 0 Å². The van der Waals surface area contributed by atoms with Crippen molar-refractivity contribution in [3.05, 3.63) is 38.4 Å². The summed E-state index contributed by atoms with van der Waals surface area (Å²) in [4.78, 5) is 8.07. The van der Waals surface area contributed by atoms with Crippen LogP contribution in [0, 0.1) is 0 Å². The maximum Gasteiger partial charge on any atom is 0.164 e. The van der Waals surface area contributed by atoms with Crippen molar-refractivity contribution in [3.8, 4) is 11.4 Å². The fourth-order valence-corrected chi connectivity index (χ4v) is 2.35. The lowest BCUT2D eigenvalue weighted by atomic mass is 10.2. The molecule has 1 aromatic heterocycles. The number of nitrogens with zero attached hydrogens (tertiary/aromatic N) is 2. The molecule has 0 aliphatic carbocycles. The molecule has 0 radical (unpaired) electrons. The van der Waals surface area contributed by atoms with E-state index in [2.05, 4.69) is 9.97 Å². The van der Waals surface area contributed by atoms with Crippen molar-refractivity contribution >= 4 is 52.2 Å². The third-order valence-corrected chi connectivity index (χ3v) is 3.58. The zero-order valence-corrected chi connectivity index (χ0v) is 11.2. The normalized spacial score (nSPS) is 10.6. The predicted octanol–water partition coefficient (Wildman–Crippen LogP) is 4.34. The first-order valence-corrected chi connectivity index (χ1v) is 5.93. The van der Waals surface area contributed by atoms with Gasteiger partial charge in [0.1, 0.15) is 5.82 Å². The summed E-state index contributed by atoms with van der Waals surface area (Å²) in [6.07, 6.45) is 1.51. The lowest BCUT2D eigenvalue weighted by molar-refractivity contribution is 1.18. The molecule has 0 amide bonds. The molecule has 0 saturated heterocycles. The molecule has 0 atom stereocenters. The van der Waals surface area contributed by atoms with Crippen LogP contribution in [0.3, 0.4) is 0 Å². The van der Waals surface area contributed by atoms with Gasteiger partial charge in [-0.15, -0.1) is 0 Å². The van der Waals surface area contributed by atoms with E-state index >= 15 is 0 Å². The Morgan fingerprint density at radius 1 is 1.00 bits per heavy atom. The Balaban J connectivity index is 2.72. The van der Waals surface area contributed by atoms with E-state index < -0.39 is 0 Å². The Hall–Kier alpha value is -0.740. The zero-order valence-electron chi connectivity index (χ0n) is 8.22. The van der Waals surface area contributed by atoms with E-state index in [0.717, 1.165) is 0 Å². The summed E-state index contributed by atoms with van der Waals surface area (Å²) in [5, 5.41) is 0.998. The predicted molar refractivity (Wildman–Crippen MR) is 71.9 cm³/mol. The molecule has 2 N–H and O–H groups in total. The lowest BCUT2D eigenvalue weighted by Crippen LogP contribution is -1.96. The van der Waals surface area contributed by atoms with Crippen LogP contribution in [0.4, 0.5) is 5.82 Å². The van der Waals surface area contributed by atoms with Gasteiger partial charge in [0.15, 0.2) is 5.82 Å². The van der Waals surface area contributed by atoms with Crippen LogP contribution in [0.15, 0.2) is 18.3 Å². The third-order valence-electron chi connectivity index (χ3n) is 2.01. The van der Waals surface area contributed by atoms with Crippen molar-refractivity contribution in [2.24, 2.45) is 0 Å². The van der Waals surface area contributed by atoms with Crippen molar-refractivity contribution in [2.75, 3.05) is 5.73 Å². The van der Waals surface area contributed by atoms with Crippen molar-refractivity contribution in [3.63, 3.8) is 0 Å². The SMILES string of the molecule is Nc1ccnc(-c2c(Cl)cc(Cl)c(Cl)c2Cl)n1. The number of nitrogens with two attached hydrogens (primary N) is 1. The van der Waals surface area contributed by atoms with Gasteiger partial charge in [-0.05, 0) is 12.1 Å². The highest BCUT2D eigenvalue weighted by molar-refractivity contribution is 6.51. The van der Waals surface area contributed by atoms with Crippen LogP contribution in [0.1, 0.15) is 0 Å². The van der Waals surface area contributed by atoms with Gasteiger partial charge in [0.2, 0.25) is 0 Å². The summed E-state index contributed by atoms with van der Waals surface area (Å²) in [7, 11) is 0. The van der Waals surface area contributed by atoms with Gasteiger partial charge in [-0.25, -0.2) is 9.97 Å². The van der Waals surface area contributed by atoms with E-state index in [9.17, 15) is 0 Å². The minimum absolute atomic E-state index is 0.203. The third kappa shape index (κ3) is 2.43. The largest absolute Gasteiger partial charge is 0.384 e. The number of hydrogen-bond donors (Lipinski definition) is 1. The lowest BCUT2D eigenvalue weighted by Gasteiger charge is -2.08. The van der Waals surface area contributed by atoms with Crippen LogP contribution in [-0.4, -0.2) is 9.97 Å². The molecule has 3 nitrogen and oxygen atoms in total. The van der Waals surface area contributed by atoms with E-state index in [0.29, 0.717) is 22.2 Å². The van der Waals surface area contributed by atoms with Gasteiger partial charge < -0.3 is 5.73 Å². The number of aromatic nitrogens is 2. The van der Waals surface area contributed by atoms with Gasteiger partial charge in [-0.1, -0.05) is 46.4 Å². The zero-order chi connectivity index (χ0) is 12.6. The molecule has 0 aliphatic heterocycles. The average Bonchev–Trinajstić information content (AvgIpc) is 2.26. The van der Waals surface area contributed by atoms with Gasteiger partial charge in [0, 0.05) is 6.20 Å². The van der Waals surface area contributed by atoms with Crippen molar-refractivity contribution < 1.29 is 0 Å². The maximum atomic E-state index is 6.07. The number of hydrogen-bond acceptors (Lipinski definition) is 3. The summed E-state index contributed by atoms with van der Waals surface area (Å²) < 4.78 is 0. The topological polar surface area (TPSA) is 51.8 Å². The second-order valence-corrected chi connectivity index (χ2v) is 4.72. The molecule has 0 aliphatic rings. The second-order valence-electron chi connectivity index (χ2n) is 3.15. The molecule has 0 bridgehead atoms. The quantitative estimate of drug-likeness (QED) is 0.630. The number of nitrogen functional groups attached to an aromatic ring is 1. The van der Waals surface area contributed by atoms with E-state index in [4.69, 9.17) is 52.1 Å². The van der Waals surface area contributed by atoms with Crippen molar-refractivity contribution in [1.29, 1.82) is 0 Å². The van der Waals surface area contributed by atoms with Gasteiger partial charge in [-0.2, -0.15) is 0 Å². The summed E-state index contributed by atoms with van der Waals surface area (Å²) in [5.74, 6) is 0.617. The molecule has 0 saturated carbocycles. The van der Waals surface area contributed by atoms with Crippen LogP contribution >= 0.6 is 46.4 Å². The van der Waals surface area contributed by atoms with Gasteiger partial charge >= 0.3 is 0 Å². The first-order chi connectivity index (χ1) is 8.00. The molecule has 1 heterocycles. The fraction of sp³-hybridized carbons (Fsp3) is 0. The molecule has 17 heavy (non-hydrogen) atoms. The molecule has 2 rings (SSSR count). The van der Waals surface area contributed by atoms with Crippen molar-refractivity contribution in [2.45, 2.75) is 0 Å².